The first-order valence-corrected chi connectivity index (χ1v) is 11.0. The zero-order valence-corrected chi connectivity index (χ0v) is 20.0. The lowest BCUT2D eigenvalue weighted by Gasteiger charge is -2.13. The number of methoxy groups -OCH3 is 2. The Kier molecular flexibility index (Phi) is 7.05. The number of hydrogen-bond acceptors (Lipinski definition) is 6. The van der Waals surface area contributed by atoms with Crippen LogP contribution in [0.3, 0.4) is 0 Å². The Morgan fingerprint density at radius 2 is 1.76 bits per heavy atom. The van der Waals surface area contributed by atoms with Gasteiger partial charge in [-0.2, -0.15) is 0 Å². The zero-order chi connectivity index (χ0) is 26.7. The van der Waals surface area contributed by atoms with Crippen molar-refractivity contribution in [1.82, 2.24) is 9.97 Å². The highest BCUT2D eigenvalue weighted by atomic mass is 19.4. The number of nitrogens with one attached hydrogen (secondary N) is 2. The van der Waals surface area contributed by atoms with Crippen molar-refractivity contribution in [2.45, 2.75) is 19.7 Å². The van der Waals surface area contributed by atoms with Gasteiger partial charge in [0, 0.05) is 46.5 Å². The Morgan fingerprint density at radius 3 is 2.41 bits per heavy atom. The number of aromatic amines is 1. The molecule has 0 saturated carbocycles. The van der Waals surface area contributed by atoms with Gasteiger partial charge in [-0.05, 0) is 42.8 Å². The maximum atomic E-state index is 13.3. The van der Waals surface area contributed by atoms with Crippen LogP contribution in [0.5, 0.6) is 17.4 Å². The molecule has 11 heteroatoms. The number of pyridine rings is 1. The Labute approximate surface area is 209 Å². The van der Waals surface area contributed by atoms with E-state index in [2.05, 4.69) is 20.0 Å². The van der Waals surface area contributed by atoms with Crippen molar-refractivity contribution in [3.8, 4) is 17.4 Å². The van der Waals surface area contributed by atoms with Gasteiger partial charge in [0.1, 0.15) is 11.5 Å². The predicted molar refractivity (Wildman–Crippen MR) is 129 cm³/mol. The molecule has 0 radical (unpaired) electrons. The Hall–Kier alpha value is -4.54. The molecule has 37 heavy (non-hydrogen) atoms. The van der Waals surface area contributed by atoms with E-state index in [1.54, 1.807) is 19.1 Å². The van der Waals surface area contributed by atoms with Crippen LogP contribution in [-0.4, -0.2) is 42.2 Å². The average Bonchev–Trinajstić information content (AvgIpc) is 3.20. The zero-order valence-electron chi connectivity index (χ0n) is 20.0. The molecule has 8 nitrogen and oxygen atoms in total. The van der Waals surface area contributed by atoms with E-state index in [0.717, 1.165) is 0 Å². The van der Waals surface area contributed by atoms with Gasteiger partial charge in [0.05, 0.1) is 19.8 Å². The molecule has 2 aromatic heterocycles. The summed E-state index contributed by atoms with van der Waals surface area (Å²) in [5, 5.41) is 3.05. The molecule has 0 aliphatic carbocycles. The number of benzene rings is 2. The number of anilines is 1. The van der Waals surface area contributed by atoms with Gasteiger partial charge in [0.15, 0.2) is 0 Å². The summed E-state index contributed by atoms with van der Waals surface area (Å²) in [6, 6.07) is 11.8. The van der Waals surface area contributed by atoms with Crippen molar-refractivity contribution in [3.63, 3.8) is 0 Å². The second-order valence-electron chi connectivity index (χ2n) is 8.03. The van der Waals surface area contributed by atoms with Crippen LogP contribution in [0.15, 0.2) is 54.7 Å². The summed E-state index contributed by atoms with van der Waals surface area (Å²) in [6.07, 6.45) is -3.15. The van der Waals surface area contributed by atoms with Crippen molar-refractivity contribution in [2.24, 2.45) is 0 Å². The Bertz CT molecular complexity index is 1460. The number of hydrogen-bond donors (Lipinski definition) is 2. The molecule has 0 bridgehead atoms. The molecule has 1 amide bonds. The molecule has 0 spiro atoms. The lowest BCUT2D eigenvalue weighted by Crippen LogP contribution is -2.23. The standard InChI is InChI=1S/C26H22F3N3O5/c1-14-22(24(33)25(34)32-16-10-11-30-21(13-16)36-3)23-18(20(35-2)9-8-19(23)31-14)12-15-4-6-17(7-5-15)37-26(27,28)29/h4-11,13,31H,12H2,1-3H3,(H,30,32,34). The van der Waals surface area contributed by atoms with Crippen LogP contribution < -0.4 is 19.5 Å². The SMILES string of the molecule is COc1cc(NC(=O)C(=O)c2c(C)[nH]c3ccc(OC)c(Cc4ccc(OC(F)(F)F)cc4)c23)ccn1. The predicted octanol–water partition coefficient (Wildman–Crippen LogP) is 5.20. The van der Waals surface area contributed by atoms with Crippen molar-refractivity contribution in [3.05, 3.63) is 77.1 Å². The lowest BCUT2D eigenvalue weighted by molar-refractivity contribution is -0.274. The fraction of sp³-hybridized carbons (Fsp3) is 0.192. The second-order valence-corrected chi connectivity index (χ2v) is 8.03. The lowest BCUT2D eigenvalue weighted by atomic mass is 9.95. The van der Waals surface area contributed by atoms with Crippen LogP contribution in [0.1, 0.15) is 27.2 Å². The summed E-state index contributed by atoms with van der Waals surface area (Å²) >= 11 is 0. The molecule has 192 valence electrons. The minimum Gasteiger partial charge on any atom is -0.496 e. The van der Waals surface area contributed by atoms with Gasteiger partial charge in [-0.25, -0.2) is 4.98 Å². The van der Waals surface area contributed by atoms with E-state index in [1.165, 1.54) is 56.8 Å². The number of carbonyl (C=O) groups is 2. The van der Waals surface area contributed by atoms with Crippen molar-refractivity contribution in [2.75, 3.05) is 19.5 Å². The van der Waals surface area contributed by atoms with E-state index in [1.807, 2.05) is 0 Å². The summed E-state index contributed by atoms with van der Waals surface area (Å²) in [5.74, 6) is -1.26. The van der Waals surface area contributed by atoms with Crippen molar-refractivity contribution in [1.29, 1.82) is 0 Å². The molecule has 2 aromatic carbocycles. The maximum absolute atomic E-state index is 13.3. The molecule has 2 heterocycles. The Morgan fingerprint density at radius 1 is 1.03 bits per heavy atom. The number of ketones is 1. The minimum absolute atomic E-state index is 0.166. The van der Waals surface area contributed by atoms with Crippen molar-refractivity contribution < 1.29 is 37.0 Å². The van der Waals surface area contributed by atoms with E-state index in [-0.39, 0.29) is 23.6 Å². The summed E-state index contributed by atoms with van der Waals surface area (Å²) in [5.41, 5.74) is 2.82. The van der Waals surface area contributed by atoms with Crippen LogP contribution >= 0.6 is 0 Å². The summed E-state index contributed by atoms with van der Waals surface area (Å²) in [4.78, 5) is 33.3. The number of halogens is 3. The largest absolute Gasteiger partial charge is 0.573 e. The van der Waals surface area contributed by atoms with Crippen LogP contribution in [-0.2, 0) is 11.2 Å². The Balaban J connectivity index is 1.70. The first kappa shape index (κ1) is 25.5. The fourth-order valence-corrected chi connectivity index (χ4v) is 4.03. The van der Waals surface area contributed by atoms with E-state index < -0.39 is 18.1 Å². The highest BCUT2D eigenvalue weighted by Gasteiger charge is 2.31. The van der Waals surface area contributed by atoms with E-state index in [0.29, 0.717) is 39.2 Å². The van der Waals surface area contributed by atoms with Gasteiger partial charge < -0.3 is 24.5 Å². The van der Waals surface area contributed by atoms with Gasteiger partial charge in [-0.15, -0.1) is 13.2 Å². The van der Waals surface area contributed by atoms with Crippen LogP contribution in [0.4, 0.5) is 18.9 Å². The molecular formula is C26H22F3N3O5. The first-order chi connectivity index (χ1) is 17.6. The number of fused-ring (bicyclic) bond motifs is 1. The van der Waals surface area contributed by atoms with Gasteiger partial charge in [0.2, 0.25) is 5.88 Å². The van der Waals surface area contributed by atoms with Gasteiger partial charge in [0.25, 0.3) is 11.7 Å². The molecule has 0 saturated heterocycles. The number of Topliss-reactive ketones (excluding diaryl/α,β-unsaturated/α-hetero) is 1. The number of carbonyl (C=O) groups excluding carboxylic acids is 2. The van der Waals surface area contributed by atoms with Crippen LogP contribution in [0, 0.1) is 6.92 Å². The van der Waals surface area contributed by atoms with Crippen LogP contribution in [0.2, 0.25) is 0 Å². The number of ether oxygens (including phenoxy) is 3. The van der Waals surface area contributed by atoms with Crippen LogP contribution in [0.25, 0.3) is 10.9 Å². The van der Waals surface area contributed by atoms with Gasteiger partial charge in [-0.3, -0.25) is 9.59 Å². The number of amides is 1. The molecule has 4 aromatic rings. The molecule has 4 rings (SSSR count). The van der Waals surface area contributed by atoms with E-state index >= 15 is 0 Å². The number of alkyl halides is 3. The molecule has 0 aliphatic heterocycles. The monoisotopic (exact) mass is 513 g/mol. The topological polar surface area (TPSA) is 103 Å². The third-order valence-electron chi connectivity index (χ3n) is 5.61. The molecular weight excluding hydrogens is 491 g/mol. The smallest absolute Gasteiger partial charge is 0.496 e. The third-order valence-corrected chi connectivity index (χ3v) is 5.61. The molecule has 0 unspecified atom stereocenters. The summed E-state index contributed by atoms with van der Waals surface area (Å²) in [7, 11) is 2.90. The minimum atomic E-state index is -4.80. The van der Waals surface area contributed by atoms with Gasteiger partial charge in [-0.1, -0.05) is 12.1 Å². The quantitative estimate of drug-likeness (QED) is 0.248. The number of rotatable bonds is 8. The van der Waals surface area contributed by atoms with Gasteiger partial charge >= 0.3 is 6.36 Å². The average molecular weight is 513 g/mol. The number of nitrogens with zero attached hydrogens (tertiary/aromatic N) is 1. The first-order valence-electron chi connectivity index (χ1n) is 11.0. The number of aryl methyl sites for hydroxylation is 1. The summed E-state index contributed by atoms with van der Waals surface area (Å²) in [6.45, 7) is 1.68. The molecule has 0 aliphatic rings. The van der Waals surface area contributed by atoms with E-state index in [9.17, 15) is 22.8 Å². The van der Waals surface area contributed by atoms with E-state index in [4.69, 9.17) is 9.47 Å². The van der Waals surface area contributed by atoms with Crippen molar-refractivity contribution >= 4 is 28.3 Å². The second kappa shape index (κ2) is 10.2. The normalized spacial score (nSPS) is 11.3. The number of H-pyrrole nitrogens is 1. The summed E-state index contributed by atoms with van der Waals surface area (Å²) < 4.78 is 52.0. The highest BCUT2D eigenvalue weighted by Crippen LogP contribution is 2.35. The molecule has 0 atom stereocenters. The fourth-order valence-electron chi connectivity index (χ4n) is 4.03. The molecule has 0 fully saturated rings. The highest BCUT2D eigenvalue weighted by molar-refractivity contribution is 6.48. The number of aromatic nitrogens is 2. The maximum Gasteiger partial charge on any atom is 0.573 e. The third kappa shape index (κ3) is 5.66. The molecule has 2 N–H and O–H groups in total.